The van der Waals surface area contributed by atoms with Crippen LogP contribution >= 0.6 is 11.6 Å². The summed E-state index contributed by atoms with van der Waals surface area (Å²) in [5, 5.41) is 6.41. The molecule has 3 amide bonds. The zero-order valence-corrected chi connectivity index (χ0v) is 19.5. The van der Waals surface area contributed by atoms with E-state index >= 15 is 0 Å². The molecule has 1 saturated heterocycles. The summed E-state index contributed by atoms with van der Waals surface area (Å²) >= 11 is 6.07. The van der Waals surface area contributed by atoms with Crippen LogP contribution in [0.5, 0.6) is 5.75 Å². The van der Waals surface area contributed by atoms with Crippen molar-refractivity contribution in [1.29, 1.82) is 0 Å². The summed E-state index contributed by atoms with van der Waals surface area (Å²) in [6.07, 6.45) is 3.40. The van der Waals surface area contributed by atoms with Crippen LogP contribution in [0.15, 0.2) is 42.5 Å². The zero-order chi connectivity index (χ0) is 23.5. The lowest BCUT2D eigenvalue weighted by Crippen LogP contribution is -2.68. The van der Waals surface area contributed by atoms with Crippen molar-refractivity contribution in [3.63, 3.8) is 0 Å². The monoisotopic (exact) mass is 469 g/mol. The maximum atomic E-state index is 13.7. The number of halogens is 1. The zero-order valence-electron chi connectivity index (χ0n) is 18.8. The number of anilines is 1. The van der Waals surface area contributed by atoms with Gasteiger partial charge in [-0.25, -0.2) is 0 Å². The lowest BCUT2D eigenvalue weighted by atomic mass is 9.84. The Morgan fingerprint density at radius 1 is 1.18 bits per heavy atom. The Bertz CT molecular complexity index is 1070. The third-order valence-corrected chi connectivity index (χ3v) is 6.71. The van der Waals surface area contributed by atoms with Crippen molar-refractivity contribution < 1.29 is 19.1 Å². The SMILES string of the molecule is COc1ccccc1C(=O)N1[C@@H](CC(=O)Nc2cc(Cl)ccc2C)C(=O)N[C@H]2CCCC[C@@H]21. The van der Waals surface area contributed by atoms with Gasteiger partial charge in [-0.05, 0) is 49.6 Å². The Morgan fingerprint density at radius 3 is 2.73 bits per heavy atom. The molecule has 2 fully saturated rings. The molecule has 0 spiro atoms. The Morgan fingerprint density at radius 2 is 1.94 bits per heavy atom. The molecule has 1 heterocycles. The number of rotatable bonds is 5. The van der Waals surface area contributed by atoms with E-state index in [9.17, 15) is 14.4 Å². The van der Waals surface area contributed by atoms with Gasteiger partial charge < -0.3 is 20.3 Å². The number of nitrogens with zero attached hydrogens (tertiary/aromatic N) is 1. The molecule has 33 heavy (non-hydrogen) atoms. The van der Waals surface area contributed by atoms with Crippen molar-refractivity contribution in [2.24, 2.45) is 0 Å². The van der Waals surface area contributed by atoms with Crippen molar-refractivity contribution in [1.82, 2.24) is 10.2 Å². The number of carbonyl (C=O) groups is 3. The van der Waals surface area contributed by atoms with Gasteiger partial charge in [0, 0.05) is 16.8 Å². The van der Waals surface area contributed by atoms with E-state index in [2.05, 4.69) is 10.6 Å². The normalized spacial score (nSPS) is 22.2. The van der Waals surface area contributed by atoms with Crippen LogP contribution in [0.1, 0.15) is 48.0 Å². The first kappa shape index (κ1) is 23.1. The third kappa shape index (κ3) is 4.83. The van der Waals surface area contributed by atoms with Crippen LogP contribution in [0, 0.1) is 6.92 Å². The minimum absolute atomic E-state index is 0.112. The largest absolute Gasteiger partial charge is 0.496 e. The number of hydrogen-bond donors (Lipinski definition) is 2. The molecule has 0 radical (unpaired) electrons. The summed E-state index contributed by atoms with van der Waals surface area (Å²) in [6, 6.07) is 11.0. The number of aryl methyl sites for hydroxylation is 1. The molecule has 2 aliphatic rings. The molecule has 174 valence electrons. The Kier molecular flexibility index (Phi) is 6.88. The lowest BCUT2D eigenvalue weighted by Gasteiger charge is -2.48. The van der Waals surface area contributed by atoms with Crippen LogP contribution in [0.2, 0.25) is 5.02 Å². The minimum Gasteiger partial charge on any atom is -0.496 e. The smallest absolute Gasteiger partial charge is 0.258 e. The maximum absolute atomic E-state index is 13.7. The minimum atomic E-state index is -0.916. The molecule has 2 N–H and O–H groups in total. The first-order chi connectivity index (χ1) is 15.9. The van der Waals surface area contributed by atoms with E-state index in [1.807, 2.05) is 13.0 Å². The summed E-state index contributed by atoms with van der Waals surface area (Å²) in [7, 11) is 1.51. The van der Waals surface area contributed by atoms with Gasteiger partial charge in [0.1, 0.15) is 11.8 Å². The van der Waals surface area contributed by atoms with Crippen molar-refractivity contribution >= 4 is 35.0 Å². The molecule has 3 atom stereocenters. The maximum Gasteiger partial charge on any atom is 0.258 e. The highest BCUT2D eigenvalue weighted by atomic mass is 35.5. The van der Waals surface area contributed by atoms with Crippen LogP contribution in [-0.2, 0) is 9.59 Å². The van der Waals surface area contributed by atoms with Crippen LogP contribution < -0.4 is 15.4 Å². The molecule has 0 unspecified atom stereocenters. The van der Waals surface area contributed by atoms with Gasteiger partial charge in [0.25, 0.3) is 5.91 Å². The molecule has 0 aromatic heterocycles. The fourth-order valence-corrected chi connectivity index (χ4v) is 4.97. The van der Waals surface area contributed by atoms with Gasteiger partial charge in [0.15, 0.2) is 0 Å². The quantitative estimate of drug-likeness (QED) is 0.694. The van der Waals surface area contributed by atoms with Crippen molar-refractivity contribution in [2.45, 2.75) is 57.2 Å². The van der Waals surface area contributed by atoms with E-state index in [0.717, 1.165) is 31.2 Å². The second-order valence-electron chi connectivity index (χ2n) is 8.61. The van der Waals surface area contributed by atoms with E-state index < -0.39 is 6.04 Å². The average molecular weight is 470 g/mol. The fraction of sp³-hybridized carbons (Fsp3) is 0.400. The number of fused-ring (bicyclic) bond motifs is 1. The highest BCUT2D eigenvalue weighted by Gasteiger charge is 2.46. The number of benzene rings is 2. The molecule has 4 rings (SSSR count). The molecule has 8 heteroatoms. The predicted molar refractivity (Wildman–Crippen MR) is 127 cm³/mol. The Labute approximate surface area is 198 Å². The van der Waals surface area contributed by atoms with E-state index in [4.69, 9.17) is 16.3 Å². The van der Waals surface area contributed by atoms with Crippen LogP contribution in [0.3, 0.4) is 0 Å². The van der Waals surface area contributed by atoms with Crippen LogP contribution in [0.4, 0.5) is 5.69 Å². The summed E-state index contributed by atoms with van der Waals surface area (Å²) in [6.45, 7) is 1.86. The van der Waals surface area contributed by atoms with Crippen LogP contribution in [-0.4, -0.2) is 47.9 Å². The third-order valence-electron chi connectivity index (χ3n) is 6.48. The van der Waals surface area contributed by atoms with Gasteiger partial charge in [0.2, 0.25) is 11.8 Å². The number of methoxy groups -OCH3 is 1. The Hall–Kier alpha value is -3.06. The summed E-state index contributed by atoms with van der Waals surface area (Å²) in [5.74, 6) is -0.513. The summed E-state index contributed by atoms with van der Waals surface area (Å²) in [5.41, 5.74) is 1.83. The number of nitrogens with one attached hydrogen (secondary N) is 2. The predicted octanol–water partition coefficient (Wildman–Crippen LogP) is 3.94. The van der Waals surface area contributed by atoms with Crippen molar-refractivity contribution in [3.8, 4) is 5.75 Å². The summed E-state index contributed by atoms with van der Waals surface area (Å²) < 4.78 is 5.40. The molecule has 7 nitrogen and oxygen atoms in total. The molecular weight excluding hydrogens is 442 g/mol. The number of piperazine rings is 1. The van der Waals surface area contributed by atoms with E-state index in [0.29, 0.717) is 22.0 Å². The Balaban J connectivity index is 1.63. The van der Waals surface area contributed by atoms with Crippen molar-refractivity contribution in [3.05, 3.63) is 58.6 Å². The summed E-state index contributed by atoms with van der Waals surface area (Å²) in [4.78, 5) is 41.5. The number of amides is 3. The fourth-order valence-electron chi connectivity index (χ4n) is 4.80. The number of carbonyl (C=O) groups excluding carboxylic acids is 3. The molecule has 0 bridgehead atoms. The van der Waals surface area contributed by atoms with Gasteiger partial charge in [0.05, 0.1) is 25.1 Å². The molecule has 2 aromatic rings. The molecule has 1 aliphatic heterocycles. The topological polar surface area (TPSA) is 87.7 Å². The first-order valence-corrected chi connectivity index (χ1v) is 11.6. The van der Waals surface area contributed by atoms with E-state index in [-0.39, 0.29) is 36.2 Å². The van der Waals surface area contributed by atoms with Gasteiger partial charge in [-0.15, -0.1) is 0 Å². The standard InChI is InChI=1S/C25H28ClN3O4/c1-15-11-12-16(26)13-19(15)27-23(30)14-21-24(31)28-18-8-4-5-9-20(18)29(21)25(32)17-7-3-6-10-22(17)33-2/h3,6-7,10-13,18,20-21H,4-5,8-9,14H2,1-2H3,(H,27,30)(H,28,31)/t18-,20-,21-/m0/s1. The number of hydrogen-bond acceptors (Lipinski definition) is 4. The number of para-hydroxylation sites is 1. The first-order valence-electron chi connectivity index (χ1n) is 11.2. The van der Waals surface area contributed by atoms with Crippen molar-refractivity contribution in [2.75, 3.05) is 12.4 Å². The molecule has 1 aliphatic carbocycles. The molecular formula is C25H28ClN3O4. The van der Waals surface area contributed by atoms with Crippen LogP contribution in [0.25, 0.3) is 0 Å². The van der Waals surface area contributed by atoms with Gasteiger partial charge >= 0.3 is 0 Å². The lowest BCUT2D eigenvalue weighted by molar-refractivity contribution is -0.135. The van der Waals surface area contributed by atoms with Gasteiger partial charge in [-0.2, -0.15) is 0 Å². The average Bonchev–Trinajstić information content (AvgIpc) is 2.81. The highest BCUT2D eigenvalue weighted by Crippen LogP contribution is 2.32. The molecule has 1 saturated carbocycles. The highest BCUT2D eigenvalue weighted by molar-refractivity contribution is 6.31. The number of ether oxygens (including phenoxy) is 1. The van der Waals surface area contributed by atoms with E-state index in [1.165, 1.54) is 7.11 Å². The second-order valence-corrected chi connectivity index (χ2v) is 9.04. The van der Waals surface area contributed by atoms with Gasteiger partial charge in [-0.1, -0.05) is 42.6 Å². The molecule has 2 aromatic carbocycles. The second kappa shape index (κ2) is 9.83. The van der Waals surface area contributed by atoms with E-state index in [1.54, 1.807) is 41.3 Å². The van der Waals surface area contributed by atoms with Gasteiger partial charge in [-0.3, -0.25) is 14.4 Å².